The van der Waals surface area contributed by atoms with Crippen LogP contribution in [-0.4, -0.2) is 40.1 Å². The first-order valence-electron chi connectivity index (χ1n) is 9.84. The number of hydrazone groups is 1. The predicted octanol–water partition coefficient (Wildman–Crippen LogP) is 4.00. The van der Waals surface area contributed by atoms with Gasteiger partial charge in [0.25, 0.3) is 0 Å². The van der Waals surface area contributed by atoms with Crippen molar-refractivity contribution >= 4 is 11.7 Å². The van der Waals surface area contributed by atoms with Gasteiger partial charge in [-0.15, -0.1) is 0 Å². The van der Waals surface area contributed by atoms with Crippen LogP contribution < -0.4 is 5.32 Å². The molecule has 4 rings (SSSR count). The largest absolute Gasteiger partial charge is 0.508 e. The maximum absolute atomic E-state index is 12.5. The van der Waals surface area contributed by atoms with Crippen molar-refractivity contribution in [1.82, 2.24) is 15.5 Å². The predicted molar refractivity (Wildman–Crippen MR) is 115 cm³/mol. The second-order valence-corrected chi connectivity index (χ2v) is 7.52. The summed E-state index contributed by atoms with van der Waals surface area (Å²) in [5.41, 5.74) is 6.14. The maximum Gasteiger partial charge on any atom is 0.337 e. The number of hydrogen-bond acceptors (Lipinski definition) is 5. The highest BCUT2D eigenvalue weighted by molar-refractivity contribution is 6.14. The lowest BCUT2D eigenvalue weighted by Gasteiger charge is -2.22. The normalized spacial score (nSPS) is 15.9. The minimum absolute atomic E-state index is 0.132. The van der Waals surface area contributed by atoms with Gasteiger partial charge in [-0.2, -0.15) is 5.10 Å². The summed E-state index contributed by atoms with van der Waals surface area (Å²) in [6, 6.07) is 12.8. The molecule has 1 aliphatic heterocycles. The van der Waals surface area contributed by atoms with Gasteiger partial charge in [-0.1, -0.05) is 35.5 Å². The van der Waals surface area contributed by atoms with Crippen molar-refractivity contribution in [3.63, 3.8) is 0 Å². The summed E-state index contributed by atoms with van der Waals surface area (Å²) in [5, 5.41) is 22.9. The Labute approximate surface area is 175 Å². The monoisotopic (exact) mass is 404 g/mol. The lowest BCUT2D eigenvalue weighted by atomic mass is 9.93. The number of fused-ring (bicyclic) bond motifs is 1. The first kappa shape index (κ1) is 19.7. The number of carbonyl (C=O) groups excluding carboxylic acids is 1. The number of nitrogens with zero attached hydrogens (tertiary/aromatic N) is 3. The van der Waals surface area contributed by atoms with Gasteiger partial charge in [0, 0.05) is 23.7 Å². The topological polar surface area (TPSA) is 91.0 Å². The molecule has 1 unspecified atom stereocenters. The van der Waals surface area contributed by atoms with Crippen molar-refractivity contribution < 1.29 is 14.4 Å². The highest BCUT2D eigenvalue weighted by Crippen LogP contribution is 2.30. The molecule has 0 spiro atoms. The molecule has 7 nitrogen and oxygen atoms in total. The molecular formula is C23H24N4O3. The molecule has 1 atom stereocenters. The van der Waals surface area contributed by atoms with Crippen molar-refractivity contribution in [2.75, 3.05) is 7.05 Å². The van der Waals surface area contributed by atoms with Crippen molar-refractivity contribution in [1.29, 1.82) is 0 Å². The lowest BCUT2D eigenvalue weighted by Crippen LogP contribution is -2.41. The van der Waals surface area contributed by atoms with Gasteiger partial charge < -0.3 is 14.9 Å². The van der Waals surface area contributed by atoms with E-state index < -0.39 is 0 Å². The second-order valence-electron chi connectivity index (χ2n) is 7.52. The van der Waals surface area contributed by atoms with Crippen LogP contribution >= 0.6 is 0 Å². The van der Waals surface area contributed by atoms with E-state index in [0.717, 1.165) is 39.3 Å². The molecule has 1 aromatic heterocycles. The summed E-state index contributed by atoms with van der Waals surface area (Å²) in [7, 11) is 1.59. The van der Waals surface area contributed by atoms with Gasteiger partial charge in [-0.25, -0.2) is 9.80 Å². The fraction of sp³-hybridized carbons (Fsp3) is 0.261. The fourth-order valence-corrected chi connectivity index (χ4v) is 3.89. The number of carbonyl (C=O) groups is 1. The second kappa shape index (κ2) is 7.67. The Morgan fingerprint density at radius 1 is 1.17 bits per heavy atom. The number of benzene rings is 2. The highest BCUT2D eigenvalue weighted by atomic mass is 16.5. The standard InChI is InChI=1S/C23H24N4O3/c1-13-11-18-9-10-19(28)12-20(18)22(25-27(13)23(29)24-4)17-7-5-16(6-8-17)21-14(2)26-30-15(21)3/h5-10,12-13,28H,11H2,1-4H3,(H,24,29). The summed E-state index contributed by atoms with van der Waals surface area (Å²) in [6.45, 7) is 5.76. The third-order valence-electron chi connectivity index (χ3n) is 5.39. The molecule has 30 heavy (non-hydrogen) atoms. The van der Waals surface area contributed by atoms with Crippen LogP contribution in [0.1, 0.15) is 35.1 Å². The van der Waals surface area contributed by atoms with Crippen molar-refractivity contribution in [3.05, 3.63) is 70.6 Å². The van der Waals surface area contributed by atoms with Crippen molar-refractivity contribution in [2.24, 2.45) is 5.10 Å². The quantitative estimate of drug-likeness (QED) is 0.675. The summed E-state index contributed by atoms with van der Waals surface area (Å²) < 4.78 is 5.28. The van der Waals surface area contributed by atoms with Crippen LogP contribution in [0.25, 0.3) is 11.1 Å². The van der Waals surface area contributed by atoms with Crippen LogP contribution in [0.3, 0.4) is 0 Å². The molecule has 0 bridgehead atoms. The van der Waals surface area contributed by atoms with Crippen LogP contribution in [0.5, 0.6) is 5.75 Å². The van der Waals surface area contributed by atoms with Gasteiger partial charge in [-0.3, -0.25) is 0 Å². The zero-order valence-electron chi connectivity index (χ0n) is 17.4. The van der Waals surface area contributed by atoms with E-state index in [9.17, 15) is 9.90 Å². The Balaban J connectivity index is 1.84. The van der Waals surface area contributed by atoms with E-state index in [1.54, 1.807) is 19.2 Å². The average Bonchev–Trinajstić information content (AvgIpc) is 3.00. The molecule has 0 saturated heterocycles. The molecule has 7 heteroatoms. The molecular weight excluding hydrogens is 380 g/mol. The number of phenols is 1. The smallest absolute Gasteiger partial charge is 0.337 e. The molecule has 1 aliphatic rings. The summed E-state index contributed by atoms with van der Waals surface area (Å²) in [6.07, 6.45) is 0.632. The number of rotatable bonds is 2. The molecule has 0 saturated carbocycles. The minimum atomic E-state index is -0.274. The Kier molecular flexibility index (Phi) is 5.03. The SMILES string of the molecule is CNC(=O)N1N=C(c2ccc(-c3c(C)noc3C)cc2)c2cc(O)ccc2CC1C. The molecule has 0 radical (unpaired) electrons. The van der Waals surface area contributed by atoms with E-state index in [-0.39, 0.29) is 17.8 Å². The van der Waals surface area contributed by atoms with Gasteiger partial charge >= 0.3 is 6.03 Å². The zero-order chi connectivity index (χ0) is 21.4. The molecule has 3 aromatic rings. The van der Waals surface area contributed by atoms with E-state index in [1.807, 2.05) is 51.1 Å². The average molecular weight is 404 g/mol. The zero-order valence-corrected chi connectivity index (χ0v) is 17.4. The van der Waals surface area contributed by atoms with E-state index in [0.29, 0.717) is 12.1 Å². The van der Waals surface area contributed by atoms with Gasteiger partial charge in [0.05, 0.1) is 17.4 Å². The Morgan fingerprint density at radius 3 is 2.50 bits per heavy atom. The first-order valence-corrected chi connectivity index (χ1v) is 9.84. The number of aryl methyl sites for hydroxylation is 2. The number of urea groups is 1. The Morgan fingerprint density at radius 2 is 1.87 bits per heavy atom. The molecule has 2 heterocycles. The van der Waals surface area contributed by atoms with Gasteiger partial charge in [0.1, 0.15) is 11.5 Å². The lowest BCUT2D eigenvalue weighted by molar-refractivity contribution is 0.184. The van der Waals surface area contributed by atoms with Crippen LogP contribution in [-0.2, 0) is 6.42 Å². The van der Waals surface area contributed by atoms with Gasteiger partial charge in [0.15, 0.2) is 0 Å². The van der Waals surface area contributed by atoms with Crippen LogP contribution in [0.4, 0.5) is 4.79 Å². The molecule has 0 fully saturated rings. The van der Waals surface area contributed by atoms with E-state index in [1.165, 1.54) is 5.01 Å². The fourth-order valence-electron chi connectivity index (χ4n) is 3.89. The number of aromatic nitrogens is 1. The van der Waals surface area contributed by atoms with Gasteiger partial charge in [0.2, 0.25) is 0 Å². The maximum atomic E-state index is 12.5. The Bertz CT molecular complexity index is 1110. The number of amides is 2. The first-order chi connectivity index (χ1) is 14.4. The van der Waals surface area contributed by atoms with E-state index in [4.69, 9.17) is 9.62 Å². The highest BCUT2D eigenvalue weighted by Gasteiger charge is 2.27. The van der Waals surface area contributed by atoms with Crippen LogP contribution in [0.15, 0.2) is 52.1 Å². The molecule has 0 aliphatic carbocycles. The van der Waals surface area contributed by atoms with E-state index in [2.05, 4.69) is 10.5 Å². The molecule has 2 aromatic carbocycles. The van der Waals surface area contributed by atoms with Crippen molar-refractivity contribution in [2.45, 2.75) is 33.2 Å². The van der Waals surface area contributed by atoms with Crippen LogP contribution in [0, 0.1) is 13.8 Å². The number of hydrogen-bond donors (Lipinski definition) is 2. The van der Waals surface area contributed by atoms with Crippen molar-refractivity contribution in [3.8, 4) is 16.9 Å². The number of nitrogens with one attached hydrogen (secondary N) is 1. The third kappa shape index (κ3) is 3.43. The van der Waals surface area contributed by atoms with E-state index >= 15 is 0 Å². The van der Waals surface area contributed by atoms with Gasteiger partial charge in [-0.05, 0) is 50.5 Å². The summed E-state index contributed by atoms with van der Waals surface area (Å²) in [4.78, 5) is 12.5. The number of phenolic OH excluding ortho intramolecular Hbond substituents is 1. The van der Waals surface area contributed by atoms with Crippen LogP contribution in [0.2, 0.25) is 0 Å². The number of aromatic hydroxyl groups is 1. The summed E-state index contributed by atoms with van der Waals surface area (Å²) in [5.74, 6) is 0.928. The molecule has 2 N–H and O–H groups in total. The minimum Gasteiger partial charge on any atom is -0.508 e. The molecule has 154 valence electrons. The third-order valence-corrected chi connectivity index (χ3v) is 5.39. The molecule has 2 amide bonds. The summed E-state index contributed by atoms with van der Waals surface area (Å²) >= 11 is 0. The Hall–Kier alpha value is -3.61.